The summed E-state index contributed by atoms with van der Waals surface area (Å²) in [7, 11) is 0. The normalized spacial score (nSPS) is 29.0. The molecule has 2 fully saturated rings. The molecule has 1 saturated heterocycles. The average Bonchev–Trinajstić information content (AvgIpc) is 2.88. The van der Waals surface area contributed by atoms with Gasteiger partial charge < -0.3 is 5.32 Å². The smallest absolute Gasteiger partial charge is 0.0305 e. The first-order valence-electron chi connectivity index (χ1n) is 5.53. The predicted octanol–water partition coefficient (Wildman–Crippen LogP) is 1.72. The van der Waals surface area contributed by atoms with Gasteiger partial charge in [0, 0.05) is 17.8 Å². The second kappa shape index (κ2) is 3.06. The molecule has 1 aromatic heterocycles. The van der Waals surface area contributed by atoms with E-state index in [1.807, 2.05) is 6.20 Å². The van der Waals surface area contributed by atoms with Crippen molar-refractivity contribution < 1.29 is 0 Å². The molecule has 0 bridgehead atoms. The van der Waals surface area contributed by atoms with Gasteiger partial charge in [-0.15, -0.1) is 0 Å². The Balaban J connectivity index is 1.89. The fourth-order valence-electron chi connectivity index (χ4n) is 2.85. The van der Waals surface area contributed by atoms with Crippen LogP contribution in [-0.2, 0) is 5.41 Å². The number of rotatable bonds is 2. The summed E-state index contributed by atoms with van der Waals surface area (Å²) in [6, 6.07) is 4.32. The van der Waals surface area contributed by atoms with Crippen molar-refractivity contribution in [1.29, 1.82) is 0 Å². The summed E-state index contributed by atoms with van der Waals surface area (Å²) in [5.74, 6) is 0.853. The maximum Gasteiger partial charge on any atom is 0.0305 e. The minimum absolute atomic E-state index is 0.498. The van der Waals surface area contributed by atoms with Gasteiger partial charge in [-0.2, -0.15) is 0 Å². The van der Waals surface area contributed by atoms with Gasteiger partial charge in [0.05, 0.1) is 0 Å². The van der Waals surface area contributed by atoms with Gasteiger partial charge in [0.2, 0.25) is 0 Å². The predicted molar refractivity (Wildman–Crippen MR) is 56.1 cm³/mol. The van der Waals surface area contributed by atoms with Crippen molar-refractivity contribution in [3.8, 4) is 0 Å². The van der Waals surface area contributed by atoms with Crippen molar-refractivity contribution >= 4 is 0 Å². The Labute approximate surface area is 84.7 Å². The number of nitrogens with one attached hydrogen (secondary N) is 1. The molecule has 2 aliphatic rings. The quantitative estimate of drug-likeness (QED) is 0.764. The molecule has 3 rings (SSSR count). The van der Waals surface area contributed by atoms with Crippen molar-refractivity contribution in [2.45, 2.75) is 24.7 Å². The van der Waals surface area contributed by atoms with E-state index >= 15 is 0 Å². The van der Waals surface area contributed by atoms with Crippen LogP contribution in [0.1, 0.15) is 24.8 Å². The Morgan fingerprint density at radius 3 is 2.93 bits per heavy atom. The topological polar surface area (TPSA) is 24.9 Å². The van der Waals surface area contributed by atoms with Gasteiger partial charge in [0.25, 0.3) is 0 Å². The molecular weight excluding hydrogens is 172 g/mol. The third-order valence-corrected chi connectivity index (χ3v) is 3.87. The van der Waals surface area contributed by atoms with Gasteiger partial charge in [0.1, 0.15) is 0 Å². The molecule has 2 nitrogen and oxygen atoms in total. The first-order valence-corrected chi connectivity index (χ1v) is 5.53. The number of hydrogen-bond acceptors (Lipinski definition) is 2. The summed E-state index contributed by atoms with van der Waals surface area (Å²) in [6.45, 7) is 2.40. The highest BCUT2D eigenvalue weighted by atomic mass is 14.9. The summed E-state index contributed by atoms with van der Waals surface area (Å²) in [4.78, 5) is 4.24. The van der Waals surface area contributed by atoms with Crippen molar-refractivity contribution in [3.63, 3.8) is 0 Å². The summed E-state index contributed by atoms with van der Waals surface area (Å²) in [5, 5.41) is 3.47. The SMILES string of the molecule is c1cncc(C2(C3CCNC3)CC2)c1. The van der Waals surface area contributed by atoms with Crippen molar-refractivity contribution in [3.05, 3.63) is 30.1 Å². The van der Waals surface area contributed by atoms with Crippen LogP contribution in [0.4, 0.5) is 0 Å². The summed E-state index contributed by atoms with van der Waals surface area (Å²) in [6.07, 6.45) is 8.00. The third-order valence-electron chi connectivity index (χ3n) is 3.87. The van der Waals surface area contributed by atoms with Crippen LogP contribution in [0.25, 0.3) is 0 Å². The largest absolute Gasteiger partial charge is 0.316 e. The first kappa shape index (κ1) is 8.42. The fourth-order valence-corrected chi connectivity index (χ4v) is 2.85. The average molecular weight is 188 g/mol. The van der Waals surface area contributed by atoms with E-state index in [-0.39, 0.29) is 0 Å². The lowest BCUT2D eigenvalue weighted by atomic mass is 9.83. The zero-order chi connectivity index (χ0) is 9.43. The molecular formula is C12H16N2. The zero-order valence-electron chi connectivity index (χ0n) is 8.37. The second-order valence-corrected chi connectivity index (χ2v) is 4.59. The Morgan fingerprint density at radius 1 is 1.43 bits per heavy atom. The fraction of sp³-hybridized carbons (Fsp3) is 0.583. The molecule has 1 aliphatic carbocycles. The first-order chi connectivity index (χ1) is 6.92. The van der Waals surface area contributed by atoms with Gasteiger partial charge in [0.15, 0.2) is 0 Å². The Kier molecular flexibility index (Phi) is 1.84. The van der Waals surface area contributed by atoms with E-state index in [0.29, 0.717) is 5.41 Å². The standard InChI is InChI=1S/C12H16N2/c1-2-10(8-13-6-1)12(4-5-12)11-3-7-14-9-11/h1-2,6,8,11,14H,3-5,7,9H2. The van der Waals surface area contributed by atoms with E-state index in [4.69, 9.17) is 0 Å². The van der Waals surface area contributed by atoms with E-state index in [9.17, 15) is 0 Å². The highest BCUT2D eigenvalue weighted by Crippen LogP contribution is 2.55. The maximum atomic E-state index is 4.24. The molecule has 1 unspecified atom stereocenters. The van der Waals surface area contributed by atoms with E-state index in [2.05, 4.69) is 28.6 Å². The van der Waals surface area contributed by atoms with Crippen LogP contribution in [-0.4, -0.2) is 18.1 Å². The van der Waals surface area contributed by atoms with E-state index in [1.54, 1.807) is 0 Å². The third kappa shape index (κ3) is 1.17. The molecule has 2 heterocycles. The van der Waals surface area contributed by atoms with Crippen LogP contribution in [0.5, 0.6) is 0 Å². The van der Waals surface area contributed by atoms with Crippen LogP contribution in [0.2, 0.25) is 0 Å². The second-order valence-electron chi connectivity index (χ2n) is 4.59. The molecule has 1 atom stereocenters. The van der Waals surface area contributed by atoms with Gasteiger partial charge in [-0.1, -0.05) is 6.07 Å². The van der Waals surface area contributed by atoms with Crippen molar-refractivity contribution in [1.82, 2.24) is 10.3 Å². The van der Waals surface area contributed by atoms with Crippen LogP contribution in [0.3, 0.4) is 0 Å². The molecule has 0 radical (unpaired) electrons. The molecule has 0 spiro atoms. The molecule has 74 valence electrons. The lowest BCUT2D eigenvalue weighted by Gasteiger charge is -2.21. The van der Waals surface area contributed by atoms with Gasteiger partial charge >= 0.3 is 0 Å². The number of pyridine rings is 1. The lowest BCUT2D eigenvalue weighted by molar-refractivity contribution is 0.438. The molecule has 1 aliphatic heterocycles. The maximum absolute atomic E-state index is 4.24. The highest BCUT2D eigenvalue weighted by molar-refractivity contribution is 5.30. The number of hydrogen-bond donors (Lipinski definition) is 1. The minimum atomic E-state index is 0.498. The summed E-state index contributed by atoms with van der Waals surface area (Å²) in [5.41, 5.74) is 1.96. The van der Waals surface area contributed by atoms with Crippen molar-refractivity contribution in [2.24, 2.45) is 5.92 Å². The highest BCUT2D eigenvalue weighted by Gasteiger charge is 2.51. The Morgan fingerprint density at radius 2 is 2.36 bits per heavy atom. The number of aromatic nitrogens is 1. The Hall–Kier alpha value is -0.890. The monoisotopic (exact) mass is 188 g/mol. The van der Waals surface area contributed by atoms with Crippen LogP contribution < -0.4 is 5.32 Å². The van der Waals surface area contributed by atoms with Crippen LogP contribution in [0, 0.1) is 5.92 Å². The van der Waals surface area contributed by atoms with Gasteiger partial charge in [-0.3, -0.25) is 4.98 Å². The van der Waals surface area contributed by atoms with E-state index in [1.165, 1.54) is 37.9 Å². The van der Waals surface area contributed by atoms with Gasteiger partial charge in [-0.05, 0) is 49.9 Å². The molecule has 1 N–H and O–H groups in total. The summed E-state index contributed by atoms with van der Waals surface area (Å²) >= 11 is 0. The molecule has 1 saturated carbocycles. The van der Waals surface area contributed by atoms with Crippen molar-refractivity contribution in [2.75, 3.05) is 13.1 Å². The van der Waals surface area contributed by atoms with Gasteiger partial charge in [-0.25, -0.2) is 0 Å². The molecule has 0 aromatic carbocycles. The summed E-state index contributed by atoms with van der Waals surface area (Å²) < 4.78 is 0. The Bertz CT molecular complexity index is 310. The zero-order valence-corrected chi connectivity index (χ0v) is 8.37. The molecule has 2 heteroatoms. The van der Waals surface area contributed by atoms with E-state index < -0.39 is 0 Å². The van der Waals surface area contributed by atoms with E-state index in [0.717, 1.165) is 5.92 Å². The van der Waals surface area contributed by atoms with Crippen LogP contribution in [0.15, 0.2) is 24.5 Å². The lowest BCUT2D eigenvalue weighted by Crippen LogP contribution is -2.22. The molecule has 1 aromatic rings. The molecule has 0 amide bonds. The van der Waals surface area contributed by atoms with Crippen LogP contribution >= 0.6 is 0 Å². The molecule has 14 heavy (non-hydrogen) atoms. The number of nitrogens with zero attached hydrogens (tertiary/aromatic N) is 1. The minimum Gasteiger partial charge on any atom is -0.316 e.